The molecule has 1 fully saturated rings. The van der Waals surface area contributed by atoms with E-state index in [1.54, 1.807) is 23.7 Å². The zero-order valence-corrected chi connectivity index (χ0v) is 13.4. The Labute approximate surface area is 138 Å². The van der Waals surface area contributed by atoms with Crippen molar-refractivity contribution in [3.8, 4) is 10.8 Å². The molecule has 0 saturated heterocycles. The Morgan fingerprint density at radius 2 is 2.04 bits per heavy atom. The summed E-state index contributed by atoms with van der Waals surface area (Å²) in [5.41, 5.74) is 1.64. The molecule has 0 aliphatic heterocycles. The Hall–Kier alpha value is -1.98. The van der Waals surface area contributed by atoms with Gasteiger partial charge < -0.3 is 4.42 Å². The molecule has 0 N–H and O–H groups in total. The minimum Gasteiger partial charge on any atom is -0.444 e. The average molecular weight is 328 g/mol. The average Bonchev–Trinajstić information content (AvgIpc) is 3.07. The quantitative estimate of drug-likeness (QED) is 0.656. The van der Waals surface area contributed by atoms with Crippen LogP contribution in [0.15, 0.2) is 52.5 Å². The fraction of sp³-hybridized carbons (Fsp3) is 0.278. The predicted octanol–water partition coefficient (Wildman–Crippen LogP) is 4.71. The Kier molecular flexibility index (Phi) is 3.97. The van der Waals surface area contributed by atoms with Crippen LogP contribution in [-0.4, -0.2) is 15.9 Å². The van der Waals surface area contributed by atoms with Crippen molar-refractivity contribution in [3.05, 3.63) is 65.1 Å². The lowest BCUT2D eigenvalue weighted by molar-refractivity contribution is 0.239. The third-order valence-electron chi connectivity index (χ3n) is 4.04. The van der Waals surface area contributed by atoms with Crippen LogP contribution in [0, 0.1) is 5.82 Å². The zero-order chi connectivity index (χ0) is 15.6. The van der Waals surface area contributed by atoms with E-state index in [2.05, 4.69) is 9.88 Å². The number of benzene rings is 1. The van der Waals surface area contributed by atoms with E-state index in [0.717, 1.165) is 16.1 Å². The number of hydrogen-bond acceptors (Lipinski definition) is 4. The second-order valence-electron chi connectivity index (χ2n) is 5.85. The van der Waals surface area contributed by atoms with Crippen LogP contribution in [0.2, 0.25) is 0 Å². The summed E-state index contributed by atoms with van der Waals surface area (Å²) in [5, 5.41) is 2.01. The molecular weight excluding hydrogens is 311 g/mol. The number of thiophene rings is 1. The first-order valence-electron chi connectivity index (χ1n) is 7.75. The molecule has 0 spiro atoms. The van der Waals surface area contributed by atoms with E-state index < -0.39 is 0 Å². The van der Waals surface area contributed by atoms with Crippen LogP contribution in [-0.2, 0) is 13.1 Å². The zero-order valence-electron chi connectivity index (χ0n) is 12.6. The van der Waals surface area contributed by atoms with Crippen LogP contribution >= 0.6 is 11.3 Å². The van der Waals surface area contributed by atoms with Gasteiger partial charge in [-0.1, -0.05) is 24.3 Å². The van der Waals surface area contributed by atoms with Crippen LogP contribution in [0.1, 0.15) is 24.1 Å². The third-order valence-corrected chi connectivity index (χ3v) is 4.90. The van der Waals surface area contributed by atoms with Gasteiger partial charge in [-0.05, 0) is 30.4 Å². The highest BCUT2D eigenvalue weighted by molar-refractivity contribution is 7.13. The molecule has 1 aliphatic rings. The Morgan fingerprint density at radius 3 is 2.78 bits per heavy atom. The van der Waals surface area contributed by atoms with Gasteiger partial charge in [0.1, 0.15) is 12.1 Å². The van der Waals surface area contributed by atoms with Gasteiger partial charge in [0.05, 0.1) is 10.6 Å². The van der Waals surface area contributed by atoms with Crippen molar-refractivity contribution in [2.24, 2.45) is 0 Å². The lowest BCUT2D eigenvalue weighted by Crippen LogP contribution is -2.25. The van der Waals surface area contributed by atoms with Crippen molar-refractivity contribution >= 4 is 11.3 Å². The van der Waals surface area contributed by atoms with Crippen LogP contribution in [0.4, 0.5) is 4.39 Å². The van der Waals surface area contributed by atoms with Gasteiger partial charge in [-0.25, -0.2) is 9.37 Å². The van der Waals surface area contributed by atoms with Crippen LogP contribution in [0.5, 0.6) is 0 Å². The van der Waals surface area contributed by atoms with Crippen molar-refractivity contribution in [1.29, 1.82) is 0 Å². The van der Waals surface area contributed by atoms with Gasteiger partial charge in [0.25, 0.3) is 0 Å². The minimum atomic E-state index is -0.141. The van der Waals surface area contributed by atoms with Gasteiger partial charge in [-0.3, -0.25) is 4.90 Å². The maximum atomic E-state index is 13.9. The van der Waals surface area contributed by atoms with Crippen molar-refractivity contribution in [1.82, 2.24) is 9.88 Å². The second-order valence-corrected chi connectivity index (χ2v) is 6.80. The number of nitrogens with zero attached hydrogens (tertiary/aromatic N) is 2. The molecule has 0 amide bonds. The molecule has 1 saturated carbocycles. The molecular formula is C18H17FN2OS. The molecule has 4 rings (SSSR count). The summed E-state index contributed by atoms with van der Waals surface area (Å²) in [4.78, 5) is 7.89. The van der Waals surface area contributed by atoms with Gasteiger partial charge in [-0.2, -0.15) is 0 Å². The van der Waals surface area contributed by atoms with Gasteiger partial charge in [0, 0.05) is 24.7 Å². The van der Waals surface area contributed by atoms with Gasteiger partial charge in [-0.15, -0.1) is 11.3 Å². The smallest absolute Gasteiger partial charge is 0.236 e. The van der Waals surface area contributed by atoms with Crippen molar-refractivity contribution < 1.29 is 8.81 Å². The molecule has 3 aromatic rings. The molecule has 0 radical (unpaired) electrons. The van der Waals surface area contributed by atoms with Crippen molar-refractivity contribution in [2.75, 3.05) is 0 Å². The summed E-state index contributed by atoms with van der Waals surface area (Å²) in [6, 6.07) is 11.5. The van der Waals surface area contributed by atoms with E-state index in [1.165, 1.54) is 18.9 Å². The lowest BCUT2D eigenvalue weighted by atomic mass is 10.2. The van der Waals surface area contributed by atoms with E-state index in [9.17, 15) is 4.39 Å². The highest BCUT2D eigenvalue weighted by Crippen LogP contribution is 2.31. The van der Waals surface area contributed by atoms with Crippen LogP contribution in [0.3, 0.4) is 0 Å². The van der Waals surface area contributed by atoms with Crippen molar-refractivity contribution in [3.63, 3.8) is 0 Å². The lowest BCUT2D eigenvalue weighted by Gasteiger charge is -2.21. The maximum Gasteiger partial charge on any atom is 0.236 e. The number of halogens is 1. The van der Waals surface area contributed by atoms with E-state index in [0.29, 0.717) is 25.0 Å². The number of aromatic nitrogens is 1. The minimum absolute atomic E-state index is 0.141. The normalized spacial score (nSPS) is 14.5. The molecule has 0 atom stereocenters. The van der Waals surface area contributed by atoms with Gasteiger partial charge >= 0.3 is 0 Å². The second kappa shape index (κ2) is 6.26. The van der Waals surface area contributed by atoms with E-state index in [1.807, 2.05) is 29.6 Å². The Bertz CT molecular complexity index is 780. The molecule has 3 nitrogen and oxygen atoms in total. The molecule has 2 aromatic heterocycles. The number of rotatable bonds is 6. The molecule has 1 aliphatic carbocycles. The highest BCUT2D eigenvalue weighted by Gasteiger charge is 2.30. The summed E-state index contributed by atoms with van der Waals surface area (Å²) in [7, 11) is 0. The van der Waals surface area contributed by atoms with E-state index in [-0.39, 0.29) is 5.82 Å². The van der Waals surface area contributed by atoms with E-state index in [4.69, 9.17) is 4.42 Å². The van der Waals surface area contributed by atoms with Gasteiger partial charge in [0.2, 0.25) is 5.89 Å². The molecule has 0 unspecified atom stereocenters. The number of hydrogen-bond donors (Lipinski definition) is 0. The summed E-state index contributed by atoms with van der Waals surface area (Å²) in [6.07, 6.45) is 4.06. The summed E-state index contributed by atoms with van der Waals surface area (Å²) in [6.45, 7) is 1.30. The topological polar surface area (TPSA) is 29.3 Å². The SMILES string of the molecule is Fc1ccccc1CN(Cc1coc(-c2cccs2)n1)C1CC1. The standard InChI is InChI=1S/C18H17FN2OS/c19-16-5-2-1-4-13(16)10-21(15-7-8-15)11-14-12-22-18(20-14)17-6-3-9-23-17/h1-6,9,12,15H,7-8,10-11H2. The summed E-state index contributed by atoms with van der Waals surface area (Å²) < 4.78 is 19.5. The number of oxazole rings is 1. The largest absolute Gasteiger partial charge is 0.444 e. The molecule has 0 bridgehead atoms. The van der Waals surface area contributed by atoms with E-state index >= 15 is 0 Å². The van der Waals surface area contributed by atoms with Crippen LogP contribution < -0.4 is 0 Å². The molecule has 1 aromatic carbocycles. The highest BCUT2D eigenvalue weighted by atomic mass is 32.1. The molecule has 118 valence electrons. The van der Waals surface area contributed by atoms with Crippen LogP contribution in [0.25, 0.3) is 10.8 Å². The summed E-state index contributed by atoms with van der Waals surface area (Å²) in [5.74, 6) is 0.522. The summed E-state index contributed by atoms with van der Waals surface area (Å²) >= 11 is 1.61. The van der Waals surface area contributed by atoms with Crippen molar-refractivity contribution in [2.45, 2.75) is 32.0 Å². The Balaban J connectivity index is 1.50. The first-order chi connectivity index (χ1) is 11.3. The molecule has 23 heavy (non-hydrogen) atoms. The maximum absolute atomic E-state index is 13.9. The monoisotopic (exact) mass is 328 g/mol. The fourth-order valence-electron chi connectivity index (χ4n) is 2.70. The fourth-order valence-corrected chi connectivity index (χ4v) is 3.36. The third kappa shape index (κ3) is 3.35. The van der Waals surface area contributed by atoms with Gasteiger partial charge in [0.15, 0.2) is 0 Å². The molecule has 5 heteroatoms. The predicted molar refractivity (Wildman–Crippen MR) is 88.5 cm³/mol. The Morgan fingerprint density at radius 1 is 1.17 bits per heavy atom. The first kappa shape index (κ1) is 14.6. The molecule has 2 heterocycles. The first-order valence-corrected chi connectivity index (χ1v) is 8.63.